The predicted octanol–water partition coefficient (Wildman–Crippen LogP) is 1.93. The van der Waals surface area contributed by atoms with Gasteiger partial charge in [-0.05, 0) is 18.2 Å². The van der Waals surface area contributed by atoms with E-state index in [1.807, 2.05) is 0 Å². The zero-order valence-electron chi connectivity index (χ0n) is 7.82. The van der Waals surface area contributed by atoms with Crippen LogP contribution in [0.1, 0.15) is 5.56 Å². The van der Waals surface area contributed by atoms with E-state index in [1.165, 1.54) is 6.07 Å². The Morgan fingerprint density at radius 1 is 1.29 bits per heavy atom. The Morgan fingerprint density at radius 2 is 1.88 bits per heavy atom. The summed E-state index contributed by atoms with van der Waals surface area (Å²) in [6, 6.07) is 3.62. The second-order valence-electron chi connectivity index (χ2n) is 2.74. The lowest BCUT2D eigenvalue weighted by molar-refractivity contribution is -0.0500. The van der Waals surface area contributed by atoms with E-state index in [-0.39, 0.29) is 5.56 Å². The molecule has 92 valence electrons. The van der Waals surface area contributed by atoms with Gasteiger partial charge in [0.05, 0.1) is 11.6 Å². The molecule has 17 heavy (non-hydrogen) atoms. The number of halogens is 4. The van der Waals surface area contributed by atoms with Gasteiger partial charge >= 0.3 is 15.6 Å². The molecule has 0 saturated carbocycles. The molecule has 1 aromatic carbocycles. The molecule has 0 heterocycles. The molecule has 0 unspecified atom stereocenters. The molecule has 0 spiro atoms. The maximum absolute atomic E-state index is 13.0. The van der Waals surface area contributed by atoms with Crippen LogP contribution in [0.2, 0.25) is 0 Å². The average molecular weight is 269 g/mol. The largest absolute Gasteiger partial charge is 0.534 e. The average Bonchev–Trinajstić information content (AvgIpc) is 2.19. The van der Waals surface area contributed by atoms with Crippen molar-refractivity contribution in [2.45, 2.75) is 5.51 Å². The molecule has 0 aromatic heterocycles. The Morgan fingerprint density at radius 3 is 2.29 bits per heavy atom. The summed E-state index contributed by atoms with van der Waals surface area (Å²) in [4.78, 5) is 0. The smallest absolute Gasteiger partial charge is 0.373 e. The van der Waals surface area contributed by atoms with Crippen molar-refractivity contribution in [2.75, 3.05) is 0 Å². The first kappa shape index (κ1) is 13.2. The van der Waals surface area contributed by atoms with Crippen LogP contribution in [0.25, 0.3) is 0 Å². The molecule has 4 nitrogen and oxygen atoms in total. The molecule has 0 aliphatic carbocycles. The van der Waals surface area contributed by atoms with E-state index >= 15 is 0 Å². The molecular weight excluding hydrogens is 266 g/mol. The maximum atomic E-state index is 13.0. The van der Waals surface area contributed by atoms with Gasteiger partial charge in [-0.15, -0.1) is 0 Å². The summed E-state index contributed by atoms with van der Waals surface area (Å²) in [6.07, 6.45) is 0. The van der Waals surface area contributed by atoms with E-state index in [1.54, 1.807) is 0 Å². The van der Waals surface area contributed by atoms with E-state index in [2.05, 4.69) is 4.18 Å². The number of hydrogen-bond acceptors (Lipinski definition) is 4. The van der Waals surface area contributed by atoms with Gasteiger partial charge in [0.2, 0.25) is 0 Å². The summed E-state index contributed by atoms with van der Waals surface area (Å²) in [6.45, 7) is 0. The SMILES string of the molecule is N#Cc1ccc(OS(=O)(=O)C(F)(F)F)c(F)c1. The Labute approximate surface area is 93.2 Å². The van der Waals surface area contributed by atoms with Crippen LogP contribution in [0.15, 0.2) is 18.2 Å². The first-order chi connectivity index (χ1) is 7.67. The Kier molecular flexibility index (Phi) is 3.28. The standard InChI is InChI=1S/C8H3F4NO3S/c9-6-3-5(4-13)1-2-7(6)16-17(14,15)8(10,11)12/h1-3H. The van der Waals surface area contributed by atoms with E-state index in [4.69, 9.17) is 5.26 Å². The molecule has 0 aliphatic rings. The molecule has 0 aliphatic heterocycles. The van der Waals surface area contributed by atoms with Crippen LogP contribution in [0.5, 0.6) is 5.75 Å². The normalized spacial score (nSPS) is 11.9. The maximum Gasteiger partial charge on any atom is 0.534 e. The van der Waals surface area contributed by atoms with Gasteiger partial charge in [0, 0.05) is 0 Å². The van der Waals surface area contributed by atoms with Crippen LogP contribution in [0.3, 0.4) is 0 Å². The van der Waals surface area contributed by atoms with Gasteiger partial charge in [0.1, 0.15) is 0 Å². The topological polar surface area (TPSA) is 67.2 Å². The lowest BCUT2D eigenvalue weighted by Gasteiger charge is -2.09. The molecule has 0 amide bonds. The first-order valence-electron chi connectivity index (χ1n) is 3.88. The molecule has 1 aromatic rings. The highest BCUT2D eigenvalue weighted by Crippen LogP contribution is 2.28. The zero-order chi connectivity index (χ0) is 13.3. The fourth-order valence-electron chi connectivity index (χ4n) is 0.803. The minimum atomic E-state index is -5.92. The van der Waals surface area contributed by atoms with Gasteiger partial charge in [0.25, 0.3) is 0 Å². The van der Waals surface area contributed by atoms with Gasteiger partial charge in [-0.2, -0.15) is 26.9 Å². The van der Waals surface area contributed by atoms with Gasteiger partial charge in [-0.3, -0.25) is 0 Å². The molecule has 1 rings (SSSR count). The van der Waals surface area contributed by atoms with Crippen LogP contribution in [-0.4, -0.2) is 13.9 Å². The van der Waals surface area contributed by atoms with Crippen LogP contribution in [0.4, 0.5) is 17.6 Å². The third kappa shape index (κ3) is 2.85. The number of rotatable bonds is 2. The summed E-state index contributed by atoms with van der Waals surface area (Å²) >= 11 is 0. The lowest BCUT2D eigenvalue weighted by Crippen LogP contribution is -2.28. The quantitative estimate of drug-likeness (QED) is 0.467. The van der Waals surface area contributed by atoms with Crippen molar-refractivity contribution in [3.05, 3.63) is 29.6 Å². The molecule has 0 radical (unpaired) electrons. The third-order valence-electron chi connectivity index (χ3n) is 1.54. The van der Waals surface area contributed by atoms with Crippen molar-refractivity contribution in [3.63, 3.8) is 0 Å². The van der Waals surface area contributed by atoms with Crippen LogP contribution in [0, 0.1) is 17.1 Å². The molecule has 0 fully saturated rings. The van der Waals surface area contributed by atoms with Crippen LogP contribution < -0.4 is 4.18 Å². The summed E-state index contributed by atoms with van der Waals surface area (Å²) in [5.41, 5.74) is -5.83. The van der Waals surface area contributed by atoms with Crippen molar-refractivity contribution in [1.82, 2.24) is 0 Å². The van der Waals surface area contributed by atoms with E-state index in [9.17, 15) is 26.0 Å². The monoisotopic (exact) mass is 269 g/mol. The van der Waals surface area contributed by atoms with Crippen molar-refractivity contribution >= 4 is 10.1 Å². The van der Waals surface area contributed by atoms with Gasteiger partial charge in [-0.25, -0.2) is 4.39 Å². The van der Waals surface area contributed by atoms with Crippen LogP contribution in [-0.2, 0) is 10.1 Å². The number of nitriles is 1. The number of nitrogens with zero attached hydrogens (tertiary/aromatic N) is 1. The fourth-order valence-corrected chi connectivity index (χ4v) is 1.27. The molecule has 0 atom stereocenters. The third-order valence-corrected chi connectivity index (χ3v) is 2.51. The summed E-state index contributed by atoms with van der Waals surface area (Å²) in [7, 11) is -5.92. The van der Waals surface area contributed by atoms with Crippen molar-refractivity contribution in [2.24, 2.45) is 0 Å². The van der Waals surface area contributed by atoms with E-state index < -0.39 is 27.2 Å². The minimum Gasteiger partial charge on any atom is -0.373 e. The van der Waals surface area contributed by atoms with Gasteiger partial charge < -0.3 is 4.18 Å². The number of alkyl halides is 3. The predicted molar refractivity (Wildman–Crippen MR) is 46.7 cm³/mol. The second-order valence-corrected chi connectivity index (χ2v) is 4.28. The molecule has 9 heteroatoms. The van der Waals surface area contributed by atoms with E-state index in [0.717, 1.165) is 6.07 Å². The first-order valence-corrected chi connectivity index (χ1v) is 5.28. The van der Waals surface area contributed by atoms with Crippen molar-refractivity contribution in [1.29, 1.82) is 5.26 Å². The molecular formula is C8H3F4NO3S. The Bertz CT molecular complexity index is 573. The minimum absolute atomic E-state index is 0.181. The highest BCUT2D eigenvalue weighted by Gasteiger charge is 2.48. The molecule has 0 N–H and O–H groups in total. The number of hydrogen-bond donors (Lipinski definition) is 0. The van der Waals surface area contributed by atoms with Crippen molar-refractivity contribution < 1.29 is 30.2 Å². The Balaban J connectivity index is 3.11. The summed E-state index contributed by atoms with van der Waals surface area (Å²) in [5, 5.41) is 8.36. The summed E-state index contributed by atoms with van der Waals surface area (Å²) in [5.74, 6) is -2.50. The fraction of sp³-hybridized carbons (Fsp3) is 0.125. The van der Waals surface area contributed by atoms with E-state index in [0.29, 0.717) is 12.1 Å². The van der Waals surface area contributed by atoms with Gasteiger partial charge in [-0.1, -0.05) is 0 Å². The van der Waals surface area contributed by atoms with Crippen LogP contribution >= 0.6 is 0 Å². The highest BCUT2D eigenvalue weighted by molar-refractivity contribution is 7.88. The molecule has 0 saturated heterocycles. The second kappa shape index (κ2) is 4.21. The van der Waals surface area contributed by atoms with Gasteiger partial charge in [0.15, 0.2) is 11.6 Å². The molecule has 0 bridgehead atoms. The zero-order valence-corrected chi connectivity index (χ0v) is 8.64. The number of benzene rings is 1. The highest BCUT2D eigenvalue weighted by atomic mass is 32.2. The summed E-state index contributed by atoms with van der Waals surface area (Å²) < 4.78 is 73.4. The lowest BCUT2D eigenvalue weighted by atomic mass is 10.2. The Hall–Kier alpha value is -1.82. The van der Waals surface area contributed by atoms with Crippen molar-refractivity contribution in [3.8, 4) is 11.8 Å².